The predicted octanol–water partition coefficient (Wildman–Crippen LogP) is 3.14. The number of nitrogens with zero attached hydrogens (tertiary/aromatic N) is 1. The Balaban J connectivity index is 1.66. The van der Waals surface area contributed by atoms with Gasteiger partial charge in [0.1, 0.15) is 5.75 Å². The van der Waals surface area contributed by atoms with Crippen molar-refractivity contribution in [3.8, 4) is 5.75 Å². The van der Waals surface area contributed by atoms with Crippen LogP contribution in [0.3, 0.4) is 0 Å². The molecule has 1 atom stereocenters. The highest BCUT2D eigenvalue weighted by molar-refractivity contribution is 5.76. The van der Waals surface area contributed by atoms with Crippen LogP contribution >= 0.6 is 0 Å². The molecule has 0 bridgehead atoms. The van der Waals surface area contributed by atoms with Crippen LogP contribution in [0.1, 0.15) is 44.6 Å². The molecule has 0 saturated carbocycles. The van der Waals surface area contributed by atoms with E-state index in [4.69, 9.17) is 4.74 Å². The average Bonchev–Trinajstić information content (AvgIpc) is 3.06. The first-order valence-corrected chi connectivity index (χ1v) is 8.90. The normalized spacial score (nSPS) is 17.2. The van der Waals surface area contributed by atoms with Crippen LogP contribution in [0.2, 0.25) is 0 Å². The number of aryl methyl sites for hydroxylation is 1. The van der Waals surface area contributed by atoms with Gasteiger partial charge < -0.3 is 15.0 Å². The molecule has 1 heterocycles. The van der Waals surface area contributed by atoms with Gasteiger partial charge >= 0.3 is 0 Å². The van der Waals surface area contributed by atoms with E-state index in [1.807, 2.05) is 18.2 Å². The number of hydrogen-bond donors (Lipinski definition) is 1. The Labute approximate surface area is 140 Å². The maximum atomic E-state index is 12.5. The predicted molar refractivity (Wildman–Crippen MR) is 93.8 cm³/mol. The largest absolute Gasteiger partial charge is 0.494 e. The molecule has 128 valence electrons. The molecule has 1 aromatic carbocycles. The number of rotatable bonds is 9. The SMILES string of the molecule is CCCN(C(=O)CCCCOc1cccc(C)c1)C1CCNC1. The van der Waals surface area contributed by atoms with Gasteiger partial charge in [0.05, 0.1) is 6.61 Å². The summed E-state index contributed by atoms with van der Waals surface area (Å²) in [6.07, 6.45) is 4.56. The Morgan fingerprint density at radius 1 is 1.39 bits per heavy atom. The van der Waals surface area contributed by atoms with Crippen molar-refractivity contribution in [2.45, 2.75) is 52.0 Å². The van der Waals surface area contributed by atoms with Gasteiger partial charge in [-0.1, -0.05) is 19.1 Å². The van der Waals surface area contributed by atoms with Crippen LogP contribution < -0.4 is 10.1 Å². The van der Waals surface area contributed by atoms with Gasteiger partial charge in [-0.2, -0.15) is 0 Å². The monoisotopic (exact) mass is 318 g/mol. The van der Waals surface area contributed by atoms with Crippen molar-refractivity contribution in [1.82, 2.24) is 10.2 Å². The van der Waals surface area contributed by atoms with E-state index in [0.717, 1.165) is 51.1 Å². The third-order valence-electron chi connectivity index (χ3n) is 4.30. The Hall–Kier alpha value is -1.55. The smallest absolute Gasteiger partial charge is 0.222 e. The summed E-state index contributed by atoms with van der Waals surface area (Å²) in [4.78, 5) is 14.5. The lowest BCUT2D eigenvalue weighted by Gasteiger charge is -2.28. The topological polar surface area (TPSA) is 41.6 Å². The van der Waals surface area contributed by atoms with Crippen LogP contribution in [0.4, 0.5) is 0 Å². The molecule has 4 nitrogen and oxygen atoms in total. The van der Waals surface area contributed by atoms with Gasteiger partial charge in [0.25, 0.3) is 0 Å². The van der Waals surface area contributed by atoms with E-state index < -0.39 is 0 Å². The van der Waals surface area contributed by atoms with E-state index in [2.05, 4.69) is 30.1 Å². The van der Waals surface area contributed by atoms with Crippen LogP contribution in [0.5, 0.6) is 5.75 Å². The maximum absolute atomic E-state index is 12.5. The highest BCUT2D eigenvalue weighted by Gasteiger charge is 2.25. The molecule has 1 unspecified atom stereocenters. The standard InChI is InChI=1S/C19H30N2O2/c1-3-12-21(17-10-11-20-15-17)19(22)9-4-5-13-23-18-8-6-7-16(2)14-18/h6-8,14,17,20H,3-5,9-13,15H2,1-2H3. The Morgan fingerprint density at radius 3 is 2.96 bits per heavy atom. The first-order valence-electron chi connectivity index (χ1n) is 8.90. The molecule has 2 rings (SSSR count). The lowest BCUT2D eigenvalue weighted by atomic mass is 10.1. The summed E-state index contributed by atoms with van der Waals surface area (Å²) in [6, 6.07) is 8.49. The molecule has 1 aromatic rings. The summed E-state index contributed by atoms with van der Waals surface area (Å²) in [7, 11) is 0. The van der Waals surface area contributed by atoms with Gasteiger partial charge in [0, 0.05) is 25.6 Å². The van der Waals surface area contributed by atoms with E-state index in [1.165, 1.54) is 5.56 Å². The number of ether oxygens (including phenoxy) is 1. The van der Waals surface area contributed by atoms with Gasteiger partial charge in [0.15, 0.2) is 0 Å². The first kappa shape index (κ1) is 17.8. The average molecular weight is 318 g/mol. The molecule has 0 aromatic heterocycles. The van der Waals surface area contributed by atoms with Gasteiger partial charge in [-0.3, -0.25) is 4.79 Å². The zero-order chi connectivity index (χ0) is 16.5. The maximum Gasteiger partial charge on any atom is 0.222 e. The van der Waals surface area contributed by atoms with Crippen molar-refractivity contribution >= 4 is 5.91 Å². The molecule has 1 fully saturated rings. The molecule has 1 aliphatic heterocycles. The second kappa shape index (κ2) is 9.56. The molecular formula is C19H30N2O2. The van der Waals surface area contributed by atoms with Crippen LogP contribution in [0.15, 0.2) is 24.3 Å². The molecule has 4 heteroatoms. The number of hydrogen-bond acceptors (Lipinski definition) is 3. The number of carbonyl (C=O) groups is 1. The van der Waals surface area contributed by atoms with Gasteiger partial charge in [-0.25, -0.2) is 0 Å². The van der Waals surface area contributed by atoms with E-state index in [0.29, 0.717) is 25.0 Å². The number of unbranched alkanes of at least 4 members (excludes halogenated alkanes) is 1. The molecule has 23 heavy (non-hydrogen) atoms. The minimum absolute atomic E-state index is 0.302. The number of nitrogens with one attached hydrogen (secondary N) is 1. The van der Waals surface area contributed by atoms with Crippen molar-refractivity contribution in [2.75, 3.05) is 26.2 Å². The van der Waals surface area contributed by atoms with Crippen LogP contribution in [-0.2, 0) is 4.79 Å². The molecular weight excluding hydrogens is 288 g/mol. The Morgan fingerprint density at radius 2 is 2.26 bits per heavy atom. The summed E-state index contributed by atoms with van der Waals surface area (Å²) < 4.78 is 5.74. The zero-order valence-electron chi connectivity index (χ0n) is 14.5. The summed E-state index contributed by atoms with van der Waals surface area (Å²) in [5, 5.41) is 3.35. The Bertz CT molecular complexity index is 484. The van der Waals surface area contributed by atoms with Crippen molar-refractivity contribution in [3.63, 3.8) is 0 Å². The second-order valence-electron chi connectivity index (χ2n) is 6.36. The highest BCUT2D eigenvalue weighted by atomic mass is 16.5. The van der Waals surface area contributed by atoms with Crippen molar-refractivity contribution in [1.29, 1.82) is 0 Å². The third-order valence-corrected chi connectivity index (χ3v) is 4.30. The molecule has 1 saturated heterocycles. The van der Waals surface area contributed by atoms with Crippen molar-refractivity contribution in [3.05, 3.63) is 29.8 Å². The second-order valence-corrected chi connectivity index (χ2v) is 6.36. The summed E-state index contributed by atoms with van der Waals surface area (Å²) in [5.74, 6) is 1.22. The highest BCUT2D eigenvalue weighted by Crippen LogP contribution is 2.14. The quantitative estimate of drug-likeness (QED) is 0.711. The molecule has 0 radical (unpaired) electrons. The summed E-state index contributed by atoms with van der Waals surface area (Å²) in [5.41, 5.74) is 1.21. The minimum Gasteiger partial charge on any atom is -0.494 e. The van der Waals surface area contributed by atoms with Gasteiger partial charge in [0.2, 0.25) is 5.91 Å². The fourth-order valence-corrected chi connectivity index (χ4v) is 3.07. The number of benzene rings is 1. The van der Waals surface area contributed by atoms with E-state index in [9.17, 15) is 4.79 Å². The van der Waals surface area contributed by atoms with Gasteiger partial charge in [-0.05, 0) is 56.8 Å². The van der Waals surface area contributed by atoms with Crippen LogP contribution in [0, 0.1) is 6.92 Å². The van der Waals surface area contributed by atoms with E-state index in [-0.39, 0.29) is 0 Å². The van der Waals surface area contributed by atoms with E-state index >= 15 is 0 Å². The lowest BCUT2D eigenvalue weighted by Crippen LogP contribution is -2.42. The van der Waals surface area contributed by atoms with Crippen molar-refractivity contribution < 1.29 is 9.53 Å². The van der Waals surface area contributed by atoms with Crippen LogP contribution in [-0.4, -0.2) is 43.1 Å². The van der Waals surface area contributed by atoms with Crippen LogP contribution in [0.25, 0.3) is 0 Å². The fraction of sp³-hybridized carbons (Fsp3) is 0.632. The minimum atomic E-state index is 0.302. The fourth-order valence-electron chi connectivity index (χ4n) is 3.07. The van der Waals surface area contributed by atoms with Gasteiger partial charge in [-0.15, -0.1) is 0 Å². The summed E-state index contributed by atoms with van der Waals surface area (Å²) >= 11 is 0. The number of amides is 1. The molecule has 1 aliphatic rings. The van der Waals surface area contributed by atoms with Crippen molar-refractivity contribution in [2.24, 2.45) is 0 Å². The zero-order valence-corrected chi connectivity index (χ0v) is 14.5. The summed E-state index contributed by atoms with van der Waals surface area (Å²) in [6.45, 7) is 7.73. The molecule has 1 N–H and O–H groups in total. The third kappa shape index (κ3) is 5.87. The van der Waals surface area contributed by atoms with E-state index in [1.54, 1.807) is 0 Å². The molecule has 1 amide bonds. The lowest BCUT2D eigenvalue weighted by molar-refractivity contribution is -0.133. The first-order chi connectivity index (χ1) is 11.2. The Kier molecular flexibility index (Phi) is 7.40. The molecule has 0 aliphatic carbocycles. The molecule has 0 spiro atoms. The number of carbonyl (C=O) groups excluding carboxylic acids is 1.